The van der Waals surface area contributed by atoms with E-state index < -0.39 is 0 Å². The van der Waals surface area contributed by atoms with Gasteiger partial charge in [0.15, 0.2) is 0 Å². The fourth-order valence-electron chi connectivity index (χ4n) is 7.19. The molecule has 0 radical (unpaired) electrons. The standard InChI is InChI=1S/C45H30S/c1-29-12-10-21-39-40-27-35(23-25-42(40)46-45(29)39)33-18-11-17-32(26-33)34-22-24-38-41(28-34)44(31-15-6-3-7-16-31)37-20-9-8-19-36(37)43(38)30-13-4-2-5-14-30/h2-28H,1H3. The summed E-state index contributed by atoms with van der Waals surface area (Å²) >= 11 is 1.89. The number of thiophene rings is 1. The van der Waals surface area contributed by atoms with Gasteiger partial charge in [-0.25, -0.2) is 0 Å². The van der Waals surface area contributed by atoms with Crippen molar-refractivity contribution in [1.29, 1.82) is 0 Å². The molecular formula is C45H30S. The van der Waals surface area contributed by atoms with Crippen LogP contribution in [0.4, 0.5) is 0 Å². The molecule has 0 aliphatic rings. The maximum Gasteiger partial charge on any atom is 0.0384 e. The largest absolute Gasteiger partial charge is 0.135 e. The van der Waals surface area contributed by atoms with Gasteiger partial charge in [-0.2, -0.15) is 0 Å². The van der Waals surface area contributed by atoms with Crippen LogP contribution in [-0.2, 0) is 0 Å². The molecule has 0 aliphatic carbocycles. The molecule has 0 unspecified atom stereocenters. The Labute approximate surface area is 272 Å². The third kappa shape index (κ3) is 4.35. The van der Waals surface area contributed by atoms with E-state index in [1.165, 1.54) is 91.8 Å². The number of benzene rings is 8. The second-order valence-electron chi connectivity index (χ2n) is 12.1. The Morgan fingerprint density at radius 1 is 0.326 bits per heavy atom. The van der Waals surface area contributed by atoms with Gasteiger partial charge >= 0.3 is 0 Å². The van der Waals surface area contributed by atoms with E-state index >= 15 is 0 Å². The average molecular weight is 603 g/mol. The summed E-state index contributed by atoms with van der Waals surface area (Å²) in [5, 5.41) is 7.79. The second-order valence-corrected chi connectivity index (χ2v) is 13.2. The summed E-state index contributed by atoms with van der Waals surface area (Å²) in [4.78, 5) is 0. The monoisotopic (exact) mass is 602 g/mol. The van der Waals surface area contributed by atoms with Gasteiger partial charge in [-0.05, 0) is 103 Å². The Morgan fingerprint density at radius 3 is 1.48 bits per heavy atom. The van der Waals surface area contributed by atoms with Gasteiger partial charge in [-0.1, -0.05) is 140 Å². The second kappa shape index (κ2) is 10.8. The zero-order chi connectivity index (χ0) is 30.6. The molecule has 216 valence electrons. The molecule has 8 aromatic carbocycles. The van der Waals surface area contributed by atoms with Gasteiger partial charge in [0.25, 0.3) is 0 Å². The lowest BCUT2D eigenvalue weighted by Crippen LogP contribution is -1.91. The third-order valence-electron chi connectivity index (χ3n) is 9.37. The van der Waals surface area contributed by atoms with Crippen LogP contribution in [0.1, 0.15) is 5.56 Å². The van der Waals surface area contributed by atoms with Gasteiger partial charge < -0.3 is 0 Å². The Balaban J connectivity index is 1.26. The highest BCUT2D eigenvalue weighted by Gasteiger charge is 2.17. The summed E-state index contributed by atoms with van der Waals surface area (Å²) in [6.45, 7) is 2.21. The molecule has 0 saturated carbocycles. The highest BCUT2D eigenvalue weighted by atomic mass is 32.1. The molecule has 9 aromatic rings. The van der Waals surface area contributed by atoms with E-state index in [9.17, 15) is 0 Å². The molecule has 1 heterocycles. The van der Waals surface area contributed by atoms with Gasteiger partial charge in [0.05, 0.1) is 0 Å². The molecule has 0 fully saturated rings. The number of hydrogen-bond donors (Lipinski definition) is 0. The molecule has 0 N–H and O–H groups in total. The quantitative estimate of drug-likeness (QED) is 0.176. The summed E-state index contributed by atoms with van der Waals surface area (Å²) in [7, 11) is 0. The summed E-state index contributed by atoms with van der Waals surface area (Å²) in [6, 6.07) is 60.2. The molecule has 0 nitrogen and oxygen atoms in total. The van der Waals surface area contributed by atoms with Crippen molar-refractivity contribution < 1.29 is 0 Å². The molecule has 1 heteroatoms. The van der Waals surface area contributed by atoms with Crippen LogP contribution in [0.25, 0.3) is 86.2 Å². The van der Waals surface area contributed by atoms with E-state index in [-0.39, 0.29) is 0 Å². The van der Waals surface area contributed by atoms with Crippen molar-refractivity contribution in [3.05, 3.63) is 169 Å². The summed E-state index contributed by atoms with van der Waals surface area (Å²) < 4.78 is 2.73. The molecule has 0 spiro atoms. The van der Waals surface area contributed by atoms with Crippen LogP contribution in [-0.4, -0.2) is 0 Å². The Bertz CT molecular complexity index is 2570. The van der Waals surface area contributed by atoms with Crippen LogP contribution in [0, 0.1) is 6.92 Å². The average Bonchev–Trinajstić information content (AvgIpc) is 3.50. The number of aryl methyl sites for hydroxylation is 1. The van der Waals surface area contributed by atoms with Crippen molar-refractivity contribution in [2.45, 2.75) is 6.92 Å². The summed E-state index contributed by atoms with van der Waals surface area (Å²) in [5.74, 6) is 0. The molecule has 46 heavy (non-hydrogen) atoms. The van der Waals surface area contributed by atoms with Crippen molar-refractivity contribution >= 4 is 53.1 Å². The van der Waals surface area contributed by atoms with Crippen molar-refractivity contribution in [1.82, 2.24) is 0 Å². The fourth-order valence-corrected chi connectivity index (χ4v) is 8.34. The van der Waals surface area contributed by atoms with Crippen molar-refractivity contribution in [2.24, 2.45) is 0 Å². The summed E-state index contributed by atoms with van der Waals surface area (Å²) in [5.41, 5.74) is 11.3. The first-order valence-corrected chi connectivity index (χ1v) is 16.7. The molecule has 0 aliphatic heterocycles. The summed E-state index contributed by atoms with van der Waals surface area (Å²) in [6.07, 6.45) is 0. The van der Waals surface area contributed by atoms with Gasteiger partial charge in [-0.15, -0.1) is 11.3 Å². The van der Waals surface area contributed by atoms with E-state index in [2.05, 4.69) is 171 Å². The van der Waals surface area contributed by atoms with Crippen LogP contribution >= 0.6 is 11.3 Å². The number of hydrogen-bond acceptors (Lipinski definition) is 1. The minimum Gasteiger partial charge on any atom is -0.135 e. The number of fused-ring (bicyclic) bond motifs is 5. The third-order valence-corrected chi connectivity index (χ3v) is 10.7. The number of rotatable bonds is 4. The highest BCUT2D eigenvalue weighted by Crippen LogP contribution is 2.45. The lowest BCUT2D eigenvalue weighted by molar-refractivity contribution is 1.56. The fraction of sp³-hybridized carbons (Fsp3) is 0.0222. The Kier molecular flexibility index (Phi) is 6.33. The molecule has 0 atom stereocenters. The van der Waals surface area contributed by atoms with Crippen LogP contribution in [0.5, 0.6) is 0 Å². The minimum absolute atomic E-state index is 1.22. The maximum atomic E-state index is 2.41. The normalized spacial score (nSPS) is 11.6. The Morgan fingerprint density at radius 2 is 0.804 bits per heavy atom. The molecule has 0 amide bonds. The molecule has 0 bridgehead atoms. The lowest BCUT2D eigenvalue weighted by Gasteiger charge is -2.19. The smallest absolute Gasteiger partial charge is 0.0384 e. The van der Waals surface area contributed by atoms with Crippen LogP contribution in [0.2, 0.25) is 0 Å². The van der Waals surface area contributed by atoms with E-state index in [1.807, 2.05) is 11.3 Å². The zero-order valence-electron chi connectivity index (χ0n) is 25.5. The van der Waals surface area contributed by atoms with Gasteiger partial charge in [0, 0.05) is 20.2 Å². The predicted molar refractivity (Wildman–Crippen MR) is 201 cm³/mol. The van der Waals surface area contributed by atoms with Crippen molar-refractivity contribution in [3.63, 3.8) is 0 Å². The van der Waals surface area contributed by atoms with Crippen LogP contribution in [0.3, 0.4) is 0 Å². The zero-order valence-corrected chi connectivity index (χ0v) is 26.3. The van der Waals surface area contributed by atoms with E-state index in [0.29, 0.717) is 0 Å². The van der Waals surface area contributed by atoms with Gasteiger partial charge in [0.2, 0.25) is 0 Å². The van der Waals surface area contributed by atoms with Crippen LogP contribution in [0.15, 0.2) is 164 Å². The van der Waals surface area contributed by atoms with E-state index in [0.717, 1.165) is 0 Å². The van der Waals surface area contributed by atoms with E-state index in [1.54, 1.807) is 0 Å². The Hall–Kier alpha value is -5.50. The SMILES string of the molecule is Cc1cccc2c1sc1ccc(-c3cccc(-c4ccc5c(-c6ccccc6)c6ccccc6c(-c6ccccc6)c5c4)c3)cc12. The van der Waals surface area contributed by atoms with Crippen molar-refractivity contribution in [2.75, 3.05) is 0 Å². The molecule has 0 saturated heterocycles. The highest BCUT2D eigenvalue weighted by molar-refractivity contribution is 7.26. The van der Waals surface area contributed by atoms with Crippen molar-refractivity contribution in [3.8, 4) is 44.5 Å². The molecule has 9 rings (SSSR count). The topological polar surface area (TPSA) is 0 Å². The molecule has 1 aromatic heterocycles. The van der Waals surface area contributed by atoms with Crippen LogP contribution < -0.4 is 0 Å². The van der Waals surface area contributed by atoms with Gasteiger partial charge in [-0.3, -0.25) is 0 Å². The first-order chi connectivity index (χ1) is 22.7. The first-order valence-electron chi connectivity index (χ1n) is 15.8. The van der Waals surface area contributed by atoms with Gasteiger partial charge in [0.1, 0.15) is 0 Å². The molecular weight excluding hydrogens is 573 g/mol. The lowest BCUT2D eigenvalue weighted by atomic mass is 9.85. The minimum atomic E-state index is 1.22. The van der Waals surface area contributed by atoms with E-state index in [4.69, 9.17) is 0 Å². The predicted octanol–water partition coefficient (Wildman–Crippen LogP) is 13.3. The maximum absolute atomic E-state index is 2.41. The first kappa shape index (κ1) is 26.9.